The highest BCUT2D eigenvalue weighted by Crippen LogP contribution is 2.30. The van der Waals surface area contributed by atoms with Gasteiger partial charge in [0.15, 0.2) is 0 Å². The van der Waals surface area contributed by atoms with Crippen LogP contribution in [-0.2, 0) is 0 Å². The summed E-state index contributed by atoms with van der Waals surface area (Å²) in [6.45, 7) is 7.04. The molecular formula is C12H17BrFN3. The molecule has 1 heterocycles. The van der Waals surface area contributed by atoms with Gasteiger partial charge in [-0.15, -0.1) is 0 Å². The molecule has 2 N–H and O–H groups in total. The Morgan fingerprint density at radius 2 is 1.94 bits per heavy atom. The summed E-state index contributed by atoms with van der Waals surface area (Å²) in [6, 6.07) is 3.15. The van der Waals surface area contributed by atoms with Crippen molar-refractivity contribution in [3.8, 4) is 0 Å². The van der Waals surface area contributed by atoms with E-state index < -0.39 is 0 Å². The van der Waals surface area contributed by atoms with Gasteiger partial charge in [0.2, 0.25) is 0 Å². The fraction of sp³-hybridized carbons (Fsp3) is 0.500. The van der Waals surface area contributed by atoms with Gasteiger partial charge in [0, 0.05) is 32.2 Å². The predicted octanol–water partition coefficient (Wildman–Crippen LogP) is 2.31. The minimum atomic E-state index is -0.257. The number of likely N-dealkylation sites (N-methyl/N-ethyl adjacent to an activating group) is 1. The highest BCUT2D eigenvalue weighted by atomic mass is 79.9. The van der Waals surface area contributed by atoms with E-state index in [2.05, 4.69) is 32.7 Å². The van der Waals surface area contributed by atoms with E-state index in [4.69, 9.17) is 5.73 Å². The van der Waals surface area contributed by atoms with Crippen LogP contribution >= 0.6 is 15.9 Å². The average molecular weight is 302 g/mol. The molecule has 3 nitrogen and oxygen atoms in total. The van der Waals surface area contributed by atoms with Gasteiger partial charge in [-0.25, -0.2) is 4.39 Å². The van der Waals surface area contributed by atoms with Crippen LogP contribution in [0.5, 0.6) is 0 Å². The van der Waals surface area contributed by atoms with E-state index in [0.29, 0.717) is 10.2 Å². The summed E-state index contributed by atoms with van der Waals surface area (Å²) in [5.74, 6) is -0.257. The summed E-state index contributed by atoms with van der Waals surface area (Å²) in [5.41, 5.74) is 7.37. The number of rotatable bonds is 2. The Bertz CT molecular complexity index is 403. The summed E-state index contributed by atoms with van der Waals surface area (Å²) in [4.78, 5) is 4.53. The van der Waals surface area contributed by atoms with Crippen molar-refractivity contribution >= 4 is 27.3 Å². The van der Waals surface area contributed by atoms with Crippen LogP contribution in [0.3, 0.4) is 0 Å². The number of nitrogen functional groups attached to an aromatic ring is 1. The molecule has 0 unspecified atom stereocenters. The Balaban J connectivity index is 2.16. The molecule has 1 fully saturated rings. The van der Waals surface area contributed by atoms with Gasteiger partial charge in [0.25, 0.3) is 0 Å². The molecule has 0 atom stereocenters. The number of piperazine rings is 1. The summed E-state index contributed by atoms with van der Waals surface area (Å²) < 4.78 is 13.9. The van der Waals surface area contributed by atoms with Crippen LogP contribution in [0.4, 0.5) is 15.8 Å². The maximum Gasteiger partial charge on any atom is 0.139 e. The Kier molecular flexibility index (Phi) is 3.89. The lowest BCUT2D eigenvalue weighted by Crippen LogP contribution is -2.46. The molecule has 1 aromatic rings. The maximum absolute atomic E-state index is 13.5. The van der Waals surface area contributed by atoms with Crippen molar-refractivity contribution in [3.63, 3.8) is 0 Å². The van der Waals surface area contributed by atoms with E-state index in [1.54, 1.807) is 6.07 Å². The lowest BCUT2D eigenvalue weighted by atomic mass is 10.2. The number of nitrogens with two attached hydrogens (primary N) is 1. The van der Waals surface area contributed by atoms with Gasteiger partial charge in [-0.3, -0.25) is 0 Å². The van der Waals surface area contributed by atoms with Gasteiger partial charge < -0.3 is 15.5 Å². The fourth-order valence-electron chi connectivity index (χ4n) is 2.13. The van der Waals surface area contributed by atoms with Crippen LogP contribution < -0.4 is 10.6 Å². The SMILES string of the molecule is CCN1CCN(c2cc(F)c(Br)cc2N)CC1. The smallest absolute Gasteiger partial charge is 0.139 e. The largest absolute Gasteiger partial charge is 0.397 e. The van der Waals surface area contributed by atoms with Gasteiger partial charge in [-0.05, 0) is 28.5 Å². The first-order valence-corrected chi connectivity index (χ1v) is 6.63. The second kappa shape index (κ2) is 5.23. The minimum Gasteiger partial charge on any atom is -0.397 e. The number of benzene rings is 1. The van der Waals surface area contributed by atoms with Gasteiger partial charge in [0.1, 0.15) is 5.82 Å². The summed E-state index contributed by atoms with van der Waals surface area (Å²) in [7, 11) is 0. The molecule has 0 aromatic heterocycles. The van der Waals surface area contributed by atoms with Crippen molar-refractivity contribution in [2.75, 3.05) is 43.4 Å². The first-order chi connectivity index (χ1) is 8.11. The second-order valence-electron chi connectivity index (χ2n) is 4.25. The Hall–Kier alpha value is -0.810. The number of anilines is 2. The molecule has 94 valence electrons. The minimum absolute atomic E-state index is 0.257. The van der Waals surface area contributed by atoms with E-state index in [0.717, 1.165) is 38.4 Å². The molecule has 1 aliphatic heterocycles. The molecule has 0 spiro atoms. The quantitative estimate of drug-likeness (QED) is 0.851. The summed E-state index contributed by atoms with van der Waals surface area (Å²) in [5, 5.41) is 0. The van der Waals surface area contributed by atoms with E-state index in [1.807, 2.05) is 0 Å². The Morgan fingerprint density at radius 3 is 2.53 bits per heavy atom. The van der Waals surface area contributed by atoms with Crippen molar-refractivity contribution in [2.24, 2.45) is 0 Å². The average Bonchev–Trinajstić information content (AvgIpc) is 2.34. The molecule has 0 radical (unpaired) electrons. The third kappa shape index (κ3) is 2.72. The van der Waals surface area contributed by atoms with Crippen molar-refractivity contribution in [1.29, 1.82) is 0 Å². The molecule has 1 aliphatic rings. The van der Waals surface area contributed by atoms with Crippen molar-refractivity contribution < 1.29 is 4.39 Å². The fourth-order valence-corrected chi connectivity index (χ4v) is 2.49. The van der Waals surface area contributed by atoms with Crippen LogP contribution in [-0.4, -0.2) is 37.6 Å². The van der Waals surface area contributed by atoms with Crippen LogP contribution in [0.1, 0.15) is 6.92 Å². The topological polar surface area (TPSA) is 32.5 Å². The zero-order valence-electron chi connectivity index (χ0n) is 9.92. The van der Waals surface area contributed by atoms with Crippen LogP contribution in [0.25, 0.3) is 0 Å². The van der Waals surface area contributed by atoms with E-state index in [9.17, 15) is 4.39 Å². The van der Waals surface area contributed by atoms with Crippen molar-refractivity contribution in [1.82, 2.24) is 4.90 Å². The molecule has 2 rings (SSSR count). The summed E-state index contributed by atoms with van der Waals surface area (Å²) in [6.07, 6.45) is 0. The van der Waals surface area contributed by atoms with Crippen LogP contribution in [0, 0.1) is 5.82 Å². The molecule has 0 bridgehead atoms. The van der Waals surface area contributed by atoms with Crippen molar-refractivity contribution in [2.45, 2.75) is 6.92 Å². The monoisotopic (exact) mass is 301 g/mol. The van der Waals surface area contributed by atoms with Gasteiger partial charge >= 0.3 is 0 Å². The molecular weight excluding hydrogens is 285 g/mol. The first-order valence-electron chi connectivity index (χ1n) is 5.83. The van der Waals surface area contributed by atoms with E-state index in [1.165, 1.54) is 6.07 Å². The lowest BCUT2D eigenvalue weighted by Gasteiger charge is -2.36. The third-order valence-electron chi connectivity index (χ3n) is 3.23. The number of hydrogen-bond acceptors (Lipinski definition) is 3. The Morgan fingerprint density at radius 1 is 1.29 bits per heavy atom. The molecule has 0 saturated carbocycles. The zero-order chi connectivity index (χ0) is 12.4. The van der Waals surface area contributed by atoms with Gasteiger partial charge in [-0.1, -0.05) is 6.92 Å². The number of hydrogen-bond donors (Lipinski definition) is 1. The standard InChI is InChI=1S/C12H17BrFN3/c1-2-16-3-5-17(6-4-16)12-8-10(14)9(13)7-11(12)15/h7-8H,2-6,15H2,1H3. The maximum atomic E-state index is 13.5. The molecule has 1 saturated heterocycles. The molecule has 0 amide bonds. The van der Waals surface area contributed by atoms with Crippen molar-refractivity contribution in [3.05, 3.63) is 22.4 Å². The third-order valence-corrected chi connectivity index (χ3v) is 3.84. The highest BCUT2D eigenvalue weighted by molar-refractivity contribution is 9.10. The normalized spacial score (nSPS) is 17.5. The lowest BCUT2D eigenvalue weighted by molar-refractivity contribution is 0.271. The number of halogens is 2. The Labute approximate surface area is 110 Å². The molecule has 5 heteroatoms. The van der Waals surface area contributed by atoms with Gasteiger partial charge in [0.05, 0.1) is 15.8 Å². The van der Waals surface area contributed by atoms with Crippen LogP contribution in [0.15, 0.2) is 16.6 Å². The molecule has 1 aromatic carbocycles. The van der Waals surface area contributed by atoms with Gasteiger partial charge in [-0.2, -0.15) is 0 Å². The second-order valence-corrected chi connectivity index (χ2v) is 5.10. The van der Waals surface area contributed by atoms with Crippen LogP contribution in [0.2, 0.25) is 0 Å². The summed E-state index contributed by atoms with van der Waals surface area (Å²) >= 11 is 3.14. The molecule has 0 aliphatic carbocycles. The van der Waals surface area contributed by atoms with E-state index in [-0.39, 0.29) is 5.82 Å². The predicted molar refractivity (Wildman–Crippen MR) is 72.8 cm³/mol. The zero-order valence-corrected chi connectivity index (χ0v) is 11.5. The number of nitrogens with zero attached hydrogens (tertiary/aromatic N) is 2. The van der Waals surface area contributed by atoms with E-state index >= 15 is 0 Å². The highest BCUT2D eigenvalue weighted by Gasteiger charge is 2.18. The molecule has 17 heavy (non-hydrogen) atoms. The first kappa shape index (κ1) is 12.6.